The lowest BCUT2D eigenvalue weighted by atomic mass is 10.00. The van der Waals surface area contributed by atoms with Crippen molar-refractivity contribution in [2.75, 3.05) is 19.6 Å². The molecule has 0 saturated carbocycles. The first-order valence-corrected chi connectivity index (χ1v) is 10.0. The molecule has 2 aromatic rings. The molecule has 0 aromatic heterocycles. The van der Waals surface area contributed by atoms with Crippen LogP contribution in [0.5, 0.6) is 0 Å². The van der Waals surface area contributed by atoms with Crippen LogP contribution in [0.2, 0.25) is 0 Å². The summed E-state index contributed by atoms with van der Waals surface area (Å²) in [6.45, 7) is 1.76. The van der Waals surface area contributed by atoms with E-state index in [-0.39, 0.29) is 17.1 Å². The van der Waals surface area contributed by atoms with Gasteiger partial charge in [-0.2, -0.15) is 0 Å². The number of nitro benzene ring substituents is 1. The van der Waals surface area contributed by atoms with Crippen LogP contribution in [0.4, 0.5) is 5.69 Å². The van der Waals surface area contributed by atoms with Crippen LogP contribution < -0.4 is 4.72 Å². The van der Waals surface area contributed by atoms with Crippen LogP contribution in [0, 0.1) is 10.1 Å². The molecule has 0 amide bonds. The maximum atomic E-state index is 12.3. The normalized spacial score (nSPS) is 15.9. The number of fused-ring (bicyclic) bond motifs is 1. The molecule has 0 spiro atoms. The second-order valence-corrected chi connectivity index (χ2v) is 8.28. The van der Waals surface area contributed by atoms with Crippen molar-refractivity contribution >= 4 is 15.7 Å². The molecule has 2 N–H and O–H groups in total. The van der Waals surface area contributed by atoms with Crippen molar-refractivity contribution in [2.45, 2.75) is 24.0 Å². The minimum absolute atomic E-state index is 0.0767. The topological polar surface area (TPSA) is 113 Å². The van der Waals surface area contributed by atoms with E-state index < -0.39 is 21.1 Å². The van der Waals surface area contributed by atoms with Gasteiger partial charge in [0.05, 0.1) is 15.9 Å². The number of rotatable bonds is 7. The van der Waals surface area contributed by atoms with Crippen LogP contribution in [0.25, 0.3) is 0 Å². The molecule has 3 rings (SSSR count). The number of benzene rings is 2. The molecule has 8 nitrogen and oxygen atoms in total. The van der Waals surface area contributed by atoms with Crippen molar-refractivity contribution in [3.05, 3.63) is 69.8 Å². The number of aliphatic hydroxyl groups is 1. The lowest BCUT2D eigenvalue weighted by Gasteiger charge is -2.30. The molecular formula is C18H21N3O5S. The monoisotopic (exact) mass is 391 g/mol. The summed E-state index contributed by atoms with van der Waals surface area (Å²) in [5, 5.41) is 20.9. The maximum Gasteiger partial charge on any atom is 0.269 e. The Balaban J connectivity index is 1.54. The van der Waals surface area contributed by atoms with Gasteiger partial charge in [-0.1, -0.05) is 24.3 Å². The van der Waals surface area contributed by atoms with E-state index in [0.29, 0.717) is 6.54 Å². The fourth-order valence-corrected chi connectivity index (χ4v) is 4.18. The minimum Gasteiger partial charge on any atom is -0.390 e. The maximum absolute atomic E-state index is 12.3. The summed E-state index contributed by atoms with van der Waals surface area (Å²) in [5.74, 6) is 0. The molecule has 0 radical (unpaired) electrons. The third kappa shape index (κ3) is 4.89. The molecular weight excluding hydrogens is 370 g/mol. The summed E-state index contributed by atoms with van der Waals surface area (Å²) < 4.78 is 26.9. The number of β-amino-alcohol motifs (C(OH)–C–C–N with tert-alkyl or cyclic N) is 1. The number of non-ortho nitro benzene ring substituents is 1. The van der Waals surface area contributed by atoms with Crippen molar-refractivity contribution in [2.24, 2.45) is 0 Å². The Kier molecular flexibility index (Phi) is 5.85. The lowest BCUT2D eigenvalue weighted by Crippen LogP contribution is -2.42. The summed E-state index contributed by atoms with van der Waals surface area (Å²) in [4.78, 5) is 12.1. The first-order valence-electron chi connectivity index (χ1n) is 8.56. The van der Waals surface area contributed by atoms with Gasteiger partial charge in [0, 0.05) is 38.3 Å². The Morgan fingerprint density at radius 3 is 2.48 bits per heavy atom. The van der Waals surface area contributed by atoms with Gasteiger partial charge in [0.25, 0.3) is 5.69 Å². The van der Waals surface area contributed by atoms with Crippen LogP contribution in [0.15, 0.2) is 53.4 Å². The predicted octanol–water partition coefficient (Wildman–Crippen LogP) is 1.29. The van der Waals surface area contributed by atoms with E-state index in [1.807, 2.05) is 12.1 Å². The quantitative estimate of drug-likeness (QED) is 0.543. The molecule has 0 bridgehead atoms. The van der Waals surface area contributed by atoms with Gasteiger partial charge in [0.15, 0.2) is 0 Å². The van der Waals surface area contributed by atoms with E-state index in [1.54, 1.807) is 0 Å². The highest BCUT2D eigenvalue weighted by Gasteiger charge is 2.21. The van der Waals surface area contributed by atoms with Crippen molar-refractivity contribution in [1.29, 1.82) is 0 Å². The fraction of sp³-hybridized carbons (Fsp3) is 0.333. The van der Waals surface area contributed by atoms with Crippen LogP contribution in [0.1, 0.15) is 11.1 Å². The Bertz CT molecular complexity index is 915. The molecule has 1 unspecified atom stereocenters. The number of nitro groups is 1. The van der Waals surface area contributed by atoms with Gasteiger partial charge in [0.2, 0.25) is 10.0 Å². The Hall–Kier alpha value is -2.33. The van der Waals surface area contributed by atoms with E-state index in [2.05, 4.69) is 21.8 Å². The summed E-state index contributed by atoms with van der Waals surface area (Å²) >= 11 is 0. The van der Waals surface area contributed by atoms with Gasteiger partial charge in [-0.15, -0.1) is 0 Å². The van der Waals surface area contributed by atoms with E-state index in [1.165, 1.54) is 23.3 Å². The first kappa shape index (κ1) is 19.4. The number of hydrogen-bond acceptors (Lipinski definition) is 6. The lowest BCUT2D eigenvalue weighted by molar-refractivity contribution is -0.384. The van der Waals surface area contributed by atoms with E-state index in [9.17, 15) is 23.6 Å². The molecule has 144 valence electrons. The molecule has 2 aromatic carbocycles. The van der Waals surface area contributed by atoms with Gasteiger partial charge in [-0.25, -0.2) is 13.1 Å². The number of aliphatic hydroxyl groups excluding tert-OH is 1. The Morgan fingerprint density at radius 2 is 1.81 bits per heavy atom. The zero-order valence-corrected chi connectivity index (χ0v) is 15.4. The standard InChI is InChI=1S/C18H21N3O5S/c22-17(13-20-10-9-14-3-1-2-4-15(14)12-20)11-19-27(25,26)18-7-5-16(6-8-18)21(23)24/h1-8,17,19,22H,9-13H2. The second-order valence-electron chi connectivity index (χ2n) is 6.51. The summed E-state index contributed by atoms with van der Waals surface area (Å²) in [7, 11) is -3.84. The molecule has 0 fully saturated rings. The zero-order chi connectivity index (χ0) is 19.4. The van der Waals surface area contributed by atoms with Crippen LogP contribution in [-0.4, -0.2) is 49.1 Å². The van der Waals surface area contributed by atoms with Crippen molar-refractivity contribution in [1.82, 2.24) is 9.62 Å². The molecule has 27 heavy (non-hydrogen) atoms. The number of nitrogens with one attached hydrogen (secondary N) is 1. The van der Waals surface area contributed by atoms with Gasteiger partial charge in [-0.3, -0.25) is 15.0 Å². The number of hydrogen-bond donors (Lipinski definition) is 2. The van der Waals surface area contributed by atoms with E-state index in [0.717, 1.165) is 31.6 Å². The third-order valence-electron chi connectivity index (χ3n) is 4.55. The van der Waals surface area contributed by atoms with Gasteiger partial charge < -0.3 is 5.11 Å². The molecule has 1 heterocycles. The highest BCUT2D eigenvalue weighted by Crippen LogP contribution is 2.19. The van der Waals surface area contributed by atoms with Gasteiger partial charge in [-0.05, 0) is 29.7 Å². The number of sulfonamides is 1. The number of nitrogens with zero attached hydrogens (tertiary/aromatic N) is 2. The van der Waals surface area contributed by atoms with Gasteiger partial charge in [0.1, 0.15) is 0 Å². The third-order valence-corrected chi connectivity index (χ3v) is 5.98. The van der Waals surface area contributed by atoms with Crippen LogP contribution in [0.3, 0.4) is 0 Å². The van der Waals surface area contributed by atoms with Crippen LogP contribution in [-0.2, 0) is 23.0 Å². The molecule has 1 aliphatic heterocycles. The molecule has 1 aliphatic rings. The SMILES string of the molecule is O=[N+]([O-])c1ccc(S(=O)(=O)NCC(O)CN2CCc3ccccc3C2)cc1. The average Bonchev–Trinajstić information content (AvgIpc) is 2.66. The Morgan fingerprint density at radius 1 is 1.15 bits per heavy atom. The van der Waals surface area contributed by atoms with Crippen molar-refractivity contribution in [3.63, 3.8) is 0 Å². The average molecular weight is 391 g/mol. The Labute approximate surface area is 157 Å². The van der Waals surface area contributed by atoms with E-state index >= 15 is 0 Å². The molecule has 9 heteroatoms. The van der Waals surface area contributed by atoms with Gasteiger partial charge >= 0.3 is 0 Å². The first-order chi connectivity index (χ1) is 12.8. The fourth-order valence-electron chi connectivity index (χ4n) is 3.11. The predicted molar refractivity (Wildman–Crippen MR) is 99.7 cm³/mol. The summed E-state index contributed by atoms with van der Waals surface area (Å²) in [6, 6.07) is 12.8. The largest absolute Gasteiger partial charge is 0.390 e. The van der Waals surface area contributed by atoms with Crippen LogP contribution >= 0.6 is 0 Å². The summed E-state index contributed by atoms with van der Waals surface area (Å²) in [6.07, 6.45) is 0.0420. The van der Waals surface area contributed by atoms with Crippen molar-refractivity contribution in [3.8, 4) is 0 Å². The smallest absolute Gasteiger partial charge is 0.269 e. The van der Waals surface area contributed by atoms with Crippen molar-refractivity contribution < 1.29 is 18.4 Å². The highest BCUT2D eigenvalue weighted by atomic mass is 32.2. The molecule has 0 aliphatic carbocycles. The van der Waals surface area contributed by atoms with E-state index in [4.69, 9.17) is 0 Å². The zero-order valence-electron chi connectivity index (χ0n) is 14.6. The summed E-state index contributed by atoms with van der Waals surface area (Å²) in [5.41, 5.74) is 2.35. The minimum atomic E-state index is -3.84. The molecule has 0 saturated heterocycles. The second kappa shape index (κ2) is 8.13. The molecule has 1 atom stereocenters. The highest BCUT2D eigenvalue weighted by molar-refractivity contribution is 7.89.